The second-order valence-electron chi connectivity index (χ2n) is 4.45. The van der Waals surface area contributed by atoms with Crippen molar-refractivity contribution >= 4 is 35.6 Å². The summed E-state index contributed by atoms with van der Waals surface area (Å²) in [5.41, 5.74) is 3.72. The lowest BCUT2D eigenvalue weighted by atomic mass is 9.95. The van der Waals surface area contributed by atoms with Gasteiger partial charge in [0.1, 0.15) is 13.7 Å². The zero-order valence-corrected chi connectivity index (χ0v) is 11.8. The summed E-state index contributed by atoms with van der Waals surface area (Å²) in [5, 5.41) is 6.06. The van der Waals surface area contributed by atoms with Gasteiger partial charge in [-0.1, -0.05) is 35.8 Å². The van der Waals surface area contributed by atoms with Crippen molar-refractivity contribution in [2.45, 2.75) is 6.92 Å². The Morgan fingerprint density at radius 1 is 1.05 bits per heavy atom. The van der Waals surface area contributed by atoms with Crippen molar-refractivity contribution in [2.75, 3.05) is 5.32 Å². The van der Waals surface area contributed by atoms with E-state index in [1.54, 1.807) is 11.3 Å². The Hall–Kier alpha value is -2.14. The normalized spacial score (nSPS) is 10.4. The van der Waals surface area contributed by atoms with Gasteiger partial charge in [0.2, 0.25) is 0 Å². The minimum absolute atomic E-state index is 0.756. The maximum atomic E-state index is 5.69. The molecule has 0 saturated heterocycles. The number of rotatable bonds is 3. The van der Waals surface area contributed by atoms with Crippen LogP contribution in [0.1, 0.15) is 5.69 Å². The first kappa shape index (κ1) is 12.9. The summed E-state index contributed by atoms with van der Waals surface area (Å²) in [6.45, 7) is 1.97. The lowest BCUT2D eigenvalue weighted by Gasteiger charge is -2.02. The van der Waals surface area contributed by atoms with Gasteiger partial charge in [0.05, 0.1) is 5.69 Å². The minimum atomic E-state index is 0.756. The van der Waals surface area contributed by atoms with Crippen molar-refractivity contribution in [3.8, 4) is 11.3 Å². The topological polar surface area (TPSA) is 37.8 Å². The largest absolute Gasteiger partial charge is 0.316 e. The molecule has 0 saturated carbocycles. The summed E-state index contributed by atoms with van der Waals surface area (Å²) in [5.74, 6) is 0.809. The summed E-state index contributed by atoms with van der Waals surface area (Å²) >= 11 is 1.56. The standard InChI is InChI=1S/C15H12BN3S/c1-10-3-2-4-14(17-10)19-15-18-13(9-20-15)11-5-7-12(16)8-6-11/h2-9H,1H3,(H,17,18,19). The third-order valence-electron chi connectivity index (χ3n) is 2.83. The lowest BCUT2D eigenvalue weighted by Crippen LogP contribution is -1.99. The van der Waals surface area contributed by atoms with E-state index in [0.29, 0.717) is 0 Å². The molecular formula is C15H12BN3S. The molecule has 0 atom stereocenters. The molecule has 0 spiro atoms. The average Bonchev–Trinajstić information content (AvgIpc) is 2.88. The average molecular weight is 277 g/mol. The first-order chi connectivity index (χ1) is 9.70. The van der Waals surface area contributed by atoms with Crippen LogP contribution in [-0.4, -0.2) is 17.8 Å². The molecule has 3 nitrogen and oxygen atoms in total. The number of nitrogens with one attached hydrogen (secondary N) is 1. The van der Waals surface area contributed by atoms with Crippen LogP contribution in [0.4, 0.5) is 10.9 Å². The van der Waals surface area contributed by atoms with Gasteiger partial charge in [0.15, 0.2) is 5.13 Å². The zero-order chi connectivity index (χ0) is 13.9. The molecule has 96 valence electrons. The van der Waals surface area contributed by atoms with Crippen molar-refractivity contribution in [1.29, 1.82) is 0 Å². The molecule has 20 heavy (non-hydrogen) atoms. The highest BCUT2D eigenvalue weighted by Gasteiger charge is 2.05. The molecule has 1 aromatic carbocycles. The molecule has 3 rings (SSSR count). The number of nitrogens with zero attached hydrogens (tertiary/aromatic N) is 2. The number of hydrogen-bond donors (Lipinski definition) is 1. The molecule has 2 radical (unpaired) electrons. The SMILES string of the molecule is [B]c1ccc(-c2csc(Nc3cccc(C)n3)n2)cc1. The maximum Gasteiger partial charge on any atom is 0.188 e. The third-order valence-corrected chi connectivity index (χ3v) is 3.59. The van der Waals surface area contributed by atoms with Crippen molar-refractivity contribution in [3.63, 3.8) is 0 Å². The van der Waals surface area contributed by atoms with Crippen molar-refractivity contribution in [1.82, 2.24) is 9.97 Å². The van der Waals surface area contributed by atoms with Crippen molar-refractivity contribution < 1.29 is 0 Å². The predicted octanol–water partition coefficient (Wildman–Crippen LogP) is 3.05. The van der Waals surface area contributed by atoms with Crippen LogP contribution in [0.2, 0.25) is 0 Å². The number of anilines is 2. The summed E-state index contributed by atoms with van der Waals surface area (Å²) in [6.07, 6.45) is 0. The molecule has 3 aromatic rings. The molecule has 0 bridgehead atoms. The molecule has 5 heteroatoms. The number of aryl methyl sites for hydroxylation is 1. The Bertz CT molecular complexity index is 722. The smallest absolute Gasteiger partial charge is 0.188 e. The Kier molecular flexibility index (Phi) is 3.52. The van der Waals surface area contributed by atoms with Gasteiger partial charge in [0.25, 0.3) is 0 Å². The fourth-order valence-electron chi connectivity index (χ4n) is 1.84. The number of hydrogen-bond acceptors (Lipinski definition) is 4. The first-order valence-corrected chi connectivity index (χ1v) is 7.11. The van der Waals surface area contributed by atoms with Crippen LogP contribution in [0.25, 0.3) is 11.3 Å². The van der Waals surface area contributed by atoms with Crippen LogP contribution in [0.15, 0.2) is 47.8 Å². The third kappa shape index (κ3) is 2.88. The summed E-state index contributed by atoms with van der Waals surface area (Å²) in [7, 11) is 5.69. The van der Waals surface area contributed by atoms with Crippen LogP contribution in [0.3, 0.4) is 0 Å². The molecule has 2 heterocycles. The van der Waals surface area contributed by atoms with Gasteiger partial charge in [-0.25, -0.2) is 9.97 Å². The van der Waals surface area contributed by atoms with E-state index in [1.165, 1.54) is 0 Å². The zero-order valence-electron chi connectivity index (χ0n) is 11.0. The van der Waals surface area contributed by atoms with E-state index in [0.717, 1.165) is 33.4 Å². The van der Waals surface area contributed by atoms with E-state index < -0.39 is 0 Å². The molecular weight excluding hydrogens is 265 g/mol. The van der Waals surface area contributed by atoms with Crippen LogP contribution < -0.4 is 10.8 Å². The summed E-state index contributed by atoms with van der Waals surface area (Å²) in [6, 6.07) is 13.6. The number of thiazole rings is 1. The van der Waals surface area contributed by atoms with Crippen LogP contribution in [0, 0.1) is 6.92 Å². The fraction of sp³-hybridized carbons (Fsp3) is 0.0667. The quantitative estimate of drug-likeness (QED) is 0.748. The summed E-state index contributed by atoms with van der Waals surface area (Å²) < 4.78 is 0. The monoisotopic (exact) mass is 277 g/mol. The Morgan fingerprint density at radius 3 is 2.60 bits per heavy atom. The van der Waals surface area contributed by atoms with E-state index in [-0.39, 0.29) is 0 Å². The van der Waals surface area contributed by atoms with Crippen molar-refractivity contribution in [3.05, 3.63) is 53.5 Å². The summed E-state index contributed by atoms with van der Waals surface area (Å²) in [4.78, 5) is 8.96. The molecule has 0 fully saturated rings. The highest BCUT2D eigenvalue weighted by atomic mass is 32.1. The number of pyridine rings is 1. The van der Waals surface area contributed by atoms with Crippen LogP contribution in [0.5, 0.6) is 0 Å². The maximum absolute atomic E-state index is 5.69. The lowest BCUT2D eigenvalue weighted by molar-refractivity contribution is 1.19. The van der Waals surface area contributed by atoms with E-state index in [4.69, 9.17) is 7.85 Å². The predicted molar refractivity (Wildman–Crippen MR) is 85.2 cm³/mol. The van der Waals surface area contributed by atoms with E-state index in [9.17, 15) is 0 Å². The molecule has 0 aliphatic heterocycles. The Balaban J connectivity index is 1.82. The highest BCUT2D eigenvalue weighted by Crippen LogP contribution is 2.26. The van der Waals surface area contributed by atoms with Gasteiger partial charge in [-0.3, -0.25) is 0 Å². The molecule has 1 N–H and O–H groups in total. The van der Waals surface area contributed by atoms with E-state index >= 15 is 0 Å². The number of benzene rings is 1. The van der Waals surface area contributed by atoms with Crippen LogP contribution in [-0.2, 0) is 0 Å². The second-order valence-corrected chi connectivity index (χ2v) is 5.31. The second kappa shape index (κ2) is 5.47. The molecule has 0 unspecified atom stereocenters. The van der Waals surface area contributed by atoms with E-state index in [2.05, 4.69) is 15.3 Å². The van der Waals surface area contributed by atoms with Crippen molar-refractivity contribution in [2.24, 2.45) is 0 Å². The molecule has 0 amide bonds. The molecule has 0 aliphatic carbocycles. The van der Waals surface area contributed by atoms with Gasteiger partial charge >= 0.3 is 0 Å². The van der Waals surface area contributed by atoms with Crippen LogP contribution >= 0.6 is 11.3 Å². The first-order valence-electron chi connectivity index (χ1n) is 6.23. The fourth-order valence-corrected chi connectivity index (χ4v) is 2.57. The minimum Gasteiger partial charge on any atom is -0.316 e. The van der Waals surface area contributed by atoms with Gasteiger partial charge in [-0.2, -0.15) is 0 Å². The highest BCUT2D eigenvalue weighted by molar-refractivity contribution is 7.14. The van der Waals surface area contributed by atoms with E-state index in [1.807, 2.05) is 54.8 Å². The van der Waals surface area contributed by atoms with Gasteiger partial charge in [-0.05, 0) is 19.1 Å². The van der Waals surface area contributed by atoms with Gasteiger partial charge in [0, 0.05) is 16.6 Å². The molecule has 2 aromatic heterocycles. The Morgan fingerprint density at radius 2 is 1.85 bits per heavy atom. The number of aromatic nitrogens is 2. The Labute approximate surface area is 123 Å². The van der Waals surface area contributed by atoms with Gasteiger partial charge < -0.3 is 5.32 Å². The van der Waals surface area contributed by atoms with Gasteiger partial charge in [-0.15, -0.1) is 11.3 Å². The molecule has 0 aliphatic rings.